The number of amides is 2. The molecule has 3 N–H and O–H groups in total. The standard InChI is InChI=1S/C10H17N2O8P.2Na/c1-4-7(13)12-10(2,3)9(16)11-6(8(14)15)5-20-21(17,18)19;;/h4,6H,1,5H2,2-3H3,(H,11,16)(H,12,13)(H,14,15)(H2,17,18,19);;/q;2*+1/p-2. The first-order valence-electron chi connectivity index (χ1n) is 5.54. The van der Waals surface area contributed by atoms with E-state index in [4.69, 9.17) is 5.11 Å². The number of aliphatic carboxylic acids is 1. The average molecular weight is 368 g/mol. The van der Waals surface area contributed by atoms with Gasteiger partial charge in [0.1, 0.15) is 5.54 Å². The molecular formula is C10H15N2Na2O8P. The molecule has 0 aliphatic rings. The van der Waals surface area contributed by atoms with Crippen molar-refractivity contribution < 1.29 is 97.5 Å². The van der Waals surface area contributed by atoms with E-state index in [0.717, 1.165) is 6.08 Å². The minimum atomic E-state index is -5.37. The van der Waals surface area contributed by atoms with Crippen molar-refractivity contribution in [3.8, 4) is 0 Å². The summed E-state index contributed by atoms with van der Waals surface area (Å²) >= 11 is 0. The van der Waals surface area contributed by atoms with E-state index in [-0.39, 0.29) is 59.1 Å². The first-order valence-corrected chi connectivity index (χ1v) is 7.00. The van der Waals surface area contributed by atoms with Gasteiger partial charge in [0, 0.05) is 0 Å². The Balaban J connectivity index is -0.00000200. The molecule has 0 aliphatic heterocycles. The number of carboxylic acids is 1. The second-order valence-corrected chi connectivity index (χ2v) is 5.58. The maximum absolute atomic E-state index is 11.9. The molecule has 10 nitrogen and oxygen atoms in total. The predicted octanol–water partition coefficient (Wildman–Crippen LogP) is -8.51. The molecule has 2 amide bonds. The summed E-state index contributed by atoms with van der Waals surface area (Å²) in [5, 5.41) is 13.0. The van der Waals surface area contributed by atoms with E-state index in [1.54, 1.807) is 0 Å². The minimum absolute atomic E-state index is 0. The average Bonchev–Trinajstić information content (AvgIpc) is 2.31. The summed E-state index contributed by atoms with van der Waals surface area (Å²) in [5.41, 5.74) is -1.49. The molecule has 0 fully saturated rings. The summed E-state index contributed by atoms with van der Waals surface area (Å²) in [4.78, 5) is 54.5. The Morgan fingerprint density at radius 1 is 1.35 bits per heavy atom. The Kier molecular flexibility index (Phi) is 14.3. The van der Waals surface area contributed by atoms with Gasteiger partial charge in [-0.05, 0) is 19.9 Å². The minimum Gasteiger partial charge on any atom is -0.790 e. The molecular weight excluding hydrogens is 353 g/mol. The maximum atomic E-state index is 11.9. The molecule has 0 rings (SSSR count). The molecule has 23 heavy (non-hydrogen) atoms. The number of carboxylic acid groups (broad SMARTS) is 1. The van der Waals surface area contributed by atoms with Crippen LogP contribution < -0.4 is 79.5 Å². The van der Waals surface area contributed by atoms with Gasteiger partial charge in [-0.3, -0.25) is 9.59 Å². The summed E-state index contributed by atoms with van der Waals surface area (Å²) < 4.78 is 14.1. The van der Waals surface area contributed by atoms with Crippen LogP contribution in [0.4, 0.5) is 0 Å². The van der Waals surface area contributed by atoms with E-state index in [9.17, 15) is 28.7 Å². The summed E-state index contributed by atoms with van der Waals surface area (Å²) in [7, 11) is -5.37. The van der Waals surface area contributed by atoms with Crippen molar-refractivity contribution in [2.75, 3.05) is 6.61 Å². The van der Waals surface area contributed by atoms with Crippen molar-refractivity contribution >= 4 is 25.6 Å². The van der Waals surface area contributed by atoms with E-state index in [1.165, 1.54) is 13.8 Å². The Labute approximate surface area is 177 Å². The van der Waals surface area contributed by atoms with E-state index in [0.29, 0.717) is 0 Å². The fraction of sp³-hybridized carbons (Fsp3) is 0.500. The molecule has 0 heterocycles. The molecule has 1 atom stereocenters. The third-order valence-corrected chi connectivity index (χ3v) is 2.66. The second kappa shape index (κ2) is 11.8. The molecule has 0 aromatic heterocycles. The molecule has 0 saturated carbocycles. The normalized spacial score (nSPS) is 12.0. The van der Waals surface area contributed by atoms with Crippen LogP contribution in [0.5, 0.6) is 0 Å². The molecule has 0 bridgehead atoms. The van der Waals surface area contributed by atoms with Gasteiger partial charge in [0.15, 0.2) is 6.04 Å². The topological polar surface area (TPSA) is 168 Å². The van der Waals surface area contributed by atoms with Gasteiger partial charge in [-0.25, -0.2) is 4.79 Å². The zero-order valence-corrected chi connectivity index (χ0v) is 18.2. The number of rotatable bonds is 8. The van der Waals surface area contributed by atoms with E-state index in [2.05, 4.69) is 16.4 Å². The van der Waals surface area contributed by atoms with Crippen molar-refractivity contribution in [1.29, 1.82) is 0 Å². The molecule has 0 aliphatic carbocycles. The van der Waals surface area contributed by atoms with Gasteiger partial charge in [-0.1, -0.05) is 6.58 Å². The van der Waals surface area contributed by atoms with E-state index < -0.39 is 43.8 Å². The molecule has 120 valence electrons. The van der Waals surface area contributed by atoms with E-state index >= 15 is 0 Å². The maximum Gasteiger partial charge on any atom is 1.00 e. The number of carbonyl (C=O) groups excluding carboxylic acids is 2. The van der Waals surface area contributed by atoms with Crippen molar-refractivity contribution in [2.45, 2.75) is 25.4 Å². The number of nitrogens with one attached hydrogen (secondary N) is 2. The van der Waals surface area contributed by atoms with Crippen LogP contribution in [0.1, 0.15) is 13.8 Å². The zero-order valence-electron chi connectivity index (χ0n) is 13.3. The summed E-state index contributed by atoms with van der Waals surface area (Å²) in [6.45, 7) is 4.71. The van der Waals surface area contributed by atoms with Crippen molar-refractivity contribution in [2.24, 2.45) is 0 Å². The smallest absolute Gasteiger partial charge is 0.790 e. The Morgan fingerprint density at radius 3 is 2.17 bits per heavy atom. The Hall–Kier alpha value is 0.260. The van der Waals surface area contributed by atoms with Crippen LogP contribution in [0.25, 0.3) is 0 Å². The fourth-order valence-corrected chi connectivity index (χ4v) is 1.43. The van der Waals surface area contributed by atoms with Crippen LogP contribution in [-0.4, -0.2) is 41.1 Å². The summed E-state index contributed by atoms with van der Waals surface area (Å²) in [6, 6.07) is -1.77. The third kappa shape index (κ3) is 12.3. The third-order valence-electron chi connectivity index (χ3n) is 2.19. The van der Waals surface area contributed by atoms with Gasteiger partial charge >= 0.3 is 65.1 Å². The largest absolute Gasteiger partial charge is 1.00 e. The van der Waals surface area contributed by atoms with Crippen molar-refractivity contribution in [1.82, 2.24) is 10.6 Å². The zero-order chi connectivity index (χ0) is 16.8. The van der Waals surface area contributed by atoms with Crippen LogP contribution >= 0.6 is 7.82 Å². The van der Waals surface area contributed by atoms with Crippen LogP contribution in [-0.2, 0) is 23.5 Å². The van der Waals surface area contributed by atoms with Crippen LogP contribution in [0.3, 0.4) is 0 Å². The van der Waals surface area contributed by atoms with Gasteiger partial charge in [0.25, 0.3) is 0 Å². The van der Waals surface area contributed by atoms with Crippen LogP contribution in [0.2, 0.25) is 0 Å². The monoisotopic (exact) mass is 368 g/mol. The molecule has 0 radical (unpaired) electrons. The SMILES string of the molecule is C=CC(=O)NC(C)(C)C(=O)NC(COP(=O)([O-])[O-])C(=O)O.[Na+].[Na+]. The molecule has 1 unspecified atom stereocenters. The number of carbonyl (C=O) groups is 3. The molecule has 0 saturated heterocycles. The molecule has 0 aromatic carbocycles. The Bertz CT molecular complexity index is 493. The first-order chi connectivity index (χ1) is 9.39. The fourth-order valence-electron chi connectivity index (χ4n) is 1.09. The molecule has 13 heteroatoms. The van der Waals surface area contributed by atoms with Gasteiger partial charge in [0.05, 0.1) is 14.4 Å². The van der Waals surface area contributed by atoms with Crippen molar-refractivity contribution in [3.63, 3.8) is 0 Å². The van der Waals surface area contributed by atoms with Gasteiger partial charge in [-0.15, -0.1) is 0 Å². The van der Waals surface area contributed by atoms with Crippen LogP contribution in [0, 0.1) is 0 Å². The van der Waals surface area contributed by atoms with Crippen molar-refractivity contribution in [3.05, 3.63) is 12.7 Å². The second-order valence-electron chi connectivity index (χ2n) is 4.43. The number of hydrogen-bond donors (Lipinski definition) is 3. The van der Waals surface area contributed by atoms with Crippen LogP contribution in [0.15, 0.2) is 12.7 Å². The first kappa shape index (κ1) is 28.1. The summed E-state index contributed by atoms with van der Waals surface area (Å²) in [5.74, 6) is -3.19. The van der Waals surface area contributed by atoms with Gasteiger partial charge in [-0.2, -0.15) is 0 Å². The molecule has 0 aromatic rings. The quantitative estimate of drug-likeness (QED) is 0.216. The number of hydrogen-bond acceptors (Lipinski definition) is 7. The number of phosphoric acid groups is 1. The summed E-state index contributed by atoms with van der Waals surface area (Å²) in [6.07, 6.45) is 0.915. The van der Waals surface area contributed by atoms with E-state index in [1.807, 2.05) is 5.32 Å². The number of phosphoric ester groups is 1. The molecule has 0 spiro atoms. The van der Waals surface area contributed by atoms with Gasteiger partial charge < -0.3 is 34.6 Å². The predicted molar refractivity (Wildman–Crippen MR) is 65.5 cm³/mol. The van der Waals surface area contributed by atoms with Gasteiger partial charge in [0.2, 0.25) is 11.8 Å². The Morgan fingerprint density at radius 2 is 1.83 bits per heavy atom.